The third kappa shape index (κ3) is 1.97. The zero-order chi connectivity index (χ0) is 12.6. The topological polar surface area (TPSA) is 66.1 Å². The highest BCUT2D eigenvalue weighted by Crippen LogP contribution is 2.37. The molecule has 2 heterocycles. The van der Waals surface area contributed by atoms with Crippen molar-refractivity contribution in [2.45, 2.75) is 49.8 Å². The number of sulfonamides is 1. The summed E-state index contributed by atoms with van der Waals surface area (Å²) < 4.78 is 27.0. The van der Waals surface area contributed by atoms with Gasteiger partial charge < -0.3 is 0 Å². The maximum atomic E-state index is 12.6. The summed E-state index contributed by atoms with van der Waals surface area (Å²) >= 11 is 0. The van der Waals surface area contributed by atoms with Crippen LogP contribution in [0.3, 0.4) is 0 Å². The number of aromatic amines is 1. The van der Waals surface area contributed by atoms with Crippen LogP contribution in [0.5, 0.6) is 0 Å². The maximum Gasteiger partial charge on any atom is 0.217 e. The summed E-state index contributed by atoms with van der Waals surface area (Å²) in [6, 6.07) is 1.85. The molecule has 5 nitrogen and oxygen atoms in total. The first-order valence-electron chi connectivity index (χ1n) is 6.69. The molecule has 0 radical (unpaired) electrons. The summed E-state index contributed by atoms with van der Waals surface area (Å²) in [6.07, 6.45) is 7.28. The molecule has 1 aliphatic heterocycles. The van der Waals surface area contributed by atoms with Crippen molar-refractivity contribution in [1.82, 2.24) is 14.5 Å². The van der Waals surface area contributed by atoms with E-state index in [1.807, 2.05) is 6.07 Å². The van der Waals surface area contributed by atoms with Crippen molar-refractivity contribution < 1.29 is 8.42 Å². The Kier molecular flexibility index (Phi) is 3.15. The number of hydrogen-bond acceptors (Lipinski definition) is 3. The van der Waals surface area contributed by atoms with Gasteiger partial charge in [-0.3, -0.25) is 5.10 Å². The van der Waals surface area contributed by atoms with Crippen LogP contribution in [0.1, 0.15) is 50.3 Å². The lowest BCUT2D eigenvalue weighted by molar-refractivity contribution is 0.383. The Bertz CT molecular complexity index is 491. The second-order valence-electron chi connectivity index (χ2n) is 5.23. The molecule has 1 aromatic rings. The normalized spacial score (nSPS) is 27.0. The summed E-state index contributed by atoms with van der Waals surface area (Å²) in [5.74, 6) is 0. The SMILES string of the molecule is O=S(=O)(C1CCCC1)N1CCC[C@H]1c1ccn[nH]1. The average Bonchev–Trinajstić information content (AvgIpc) is 3.11. The Morgan fingerprint density at radius 2 is 2.00 bits per heavy atom. The van der Waals surface area contributed by atoms with Crippen LogP contribution in [-0.4, -0.2) is 34.7 Å². The minimum atomic E-state index is -3.13. The van der Waals surface area contributed by atoms with Gasteiger partial charge >= 0.3 is 0 Å². The van der Waals surface area contributed by atoms with Crippen molar-refractivity contribution in [1.29, 1.82) is 0 Å². The minimum absolute atomic E-state index is 0.0295. The van der Waals surface area contributed by atoms with Gasteiger partial charge in [0.15, 0.2) is 0 Å². The van der Waals surface area contributed by atoms with E-state index in [1.54, 1.807) is 10.5 Å². The largest absolute Gasteiger partial charge is 0.281 e. The first kappa shape index (κ1) is 12.2. The van der Waals surface area contributed by atoms with Crippen LogP contribution in [0.2, 0.25) is 0 Å². The number of hydrogen-bond donors (Lipinski definition) is 1. The molecule has 1 aliphatic carbocycles. The van der Waals surface area contributed by atoms with Crippen molar-refractivity contribution in [3.63, 3.8) is 0 Å². The molecule has 0 unspecified atom stereocenters. The highest BCUT2D eigenvalue weighted by molar-refractivity contribution is 7.89. The lowest BCUT2D eigenvalue weighted by atomic mass is 10.2. The monoisotopic (exact) mass is 269 g/mol. The molecule has 100 valence electrons. The fourth-order valence-electron chi connectivity index (χ4n) is 3.19. The molecule has 1 saturated carbocycles. The van der Waals surface area contributed by atoms with E-state index in [2.05, 4.69) is 10.2 Å². The second kappa shape index (κ2) is 4.66. The van der Waals surface area contributed by atoms with Gasteiger partial charge in [0.25, 0.3) is 0 Å². The molecule has 2 fully saturated rings. The zero-order valence-corrected chi connectivity index (χ0v) is 11.2. The third-order valence-electron chi connectivity index (χ3n) is 4.14. The highest BCUT2D eigenvalue weighted by Gasteiger charge is 2.41. The fraction of sp³-hybridized carbons (Fsp3) is 0.750. The van der Waals surface area contributed by atoms with Crippen LogP contribution in [0.4, 0.5) is 0 Å². The quantitative estimate of drug-likeness (QED) is 0.910. The molecular formula is C12H19N3O2S. The van der Waals surface area contributed by atoms with Crippen molar-refractivity contribution in [2.24, 2.45) is 0 Å². The van der Waals surface area contributed by atoms with Gasteiger partial charge in [0, 0.05) is 12.7 Å². The summed E-state index contributed by atoms with van der Waals surface area (Å²) in [4.78, 5) is 0. The highest BCUT2D eigenvalue weighted by atomic mass is 32.2. The van der Waals surface area contributed by atoms with Crippen LogP contribution in [0.15, 0.2) is 12.3 Å². The molecule has 0 amide bonds. The van der Waals surface area contributed by atoms with Crippen molar-refractivity contribution in [3.05, 3.63) is 18.0 Å². The molecule has 2 aliphatic rings. The Hall–Kier alpha value is -0.880. The van der Waals surface area contributed by atoms with Crippen molar-refractivity contribution >= 4 is 10.0 Å². The molecule has 1 atom stereocenters. The van der Waals surface area contributed by atoms with Crippen LogP contribution >= 0.6 is 0 Å². The lowest BCUT2D eigenvalue weighted by Crippen LogP contribution is -2.37. The Labute approximate surface area is 108 Å². The second-order valence-corrected chi connectivity index (χ2v) is 7.40. The van der Waals surface area contributed by atoms with Crippen LogP contribution < -0.4 is 0 Å². The van der Waals surface area contributed by atoms with E-state index in [0.29, 0.717) is 6.54 Å². The first-order chi connectivity index (χ1) is 8.69. The lowest BCUT2D eigenvalue weighted by Gasteiger charge is -2.26. The molecule has 1 N–H and O–H groups in total. The number of nitrogens with one attached hydrogen (secondary N) is 1. The maximum absolute atomic E-state index is 12.6. The zero-order valence-electron chi connectivity index (χ0n) is 10.4. The Morgan fingerprint density at radius 1 is 1.22 bits per heavy atom. The molecule has 6 heteroatoms. The van der Waals surface area contributed by atoms with Gasteiger partial charge in [0.2, 0.25) is 10.0 Å². The van der Waals surface area contributed by atoms with E-state index < -0.39 is 10.0 Å². The van der Waals surface area contributed by atoms with Crippen LogP contribution in [-0.2, 0) is 10.0 Å². The molecule has 0 bridgehead atoms. The molecule has 1 saturated heterocycles. The number of H-pyrrole nitrogens is 1. The smallest absolute Gasteiger partial charge is 0.217 e. The van der Waals surface area contributed by atoms with Crippen LogP contribution in [0.25, 0.3) is 0 Å². The average molecular weight is 269 g/mol. The summed E-state index contributed by atoms with van der Waals surface area (Å²) in [5, 5.41) is 6.70. The van der Waals surface area contributed by atoms with Gasteiger partial charge in [0.1, 0.15) is 0 Å². The van der Waals surface area contributed by atoms with Gasteiger partial charge in [-0.2, -0.15) is 9.40 Å². The fourth-order valence-corrected chi connectivity index (χ4v) is 5.45. The van der Waals surface area contributed by atoms with Gasteiger partial charge in [0.05, 0.1) is 17.0 Å². The first-order valence-corrected chi connectivity index (χ1v) is 8.20. The van der Waals surface area contributed by atoms with Crippen LogP contribution in [0, 0.1) is 0 Å². The molecule has 0 spiro atoms. The minimum Gasteiger partial charge on any atom is -0.281 e. The molecular weight excluding hydrogens is 250 g/mol. The number of aromatic nitrogens is 2. The van der Waals surface area contributed by atoms with E-state index in [0.717, 1.165) is 44.2 Å². The van der Waals surface area contributed by atoms with Crippen molar-refractivity contribution in [3.8, 4) is 0 Å². The standard InChI is InChI=1S/C12H19N3O2S/c16-18(17,10-4-1-2-5-10)15-9-3-6-12(15)11-7-8-13-14-11/h7-8,10,12H,1-6,9H2,(H,13,14)/t12-/m0/s1. The predicted octanol–water partition coefficient (Wildman–Crippen LogP) is 1.82. The Morgan fingerprint density at radius 3 is 2.67 bits per heavy atom. The van der Waals surface area contributed by atoms with Gasteiger partial charge in [-0.15, -0.1) is 0 Å². The summed E-state index contributed by atoms with van der Waals surface area (Å²) in [7, 11) is -3.13. The summed E-state index contributed by atoms with van der Waals surface area (Å²) in [5.41, 5.74) is 0.925. The van der Waals surface area contributed by atoms with Gasteiger partial charge in [-0.25, -0.2) is 8.42 Å². The summed E-state index contributed by atoms with van der Waals surface area (Å²) in [6.45, 7) is 0.655. The predicted molar refractivity (Wildman–Crippen MR) is 68.4 cm³/mol. The molecule has 18 heavy (non-hydrogen) atoms. The number of nitrogens with zero attached hydrogens (tertiary/aromatic N) is 2. The third-order valence-corrected chi connectivity index (χ3v) is 6.54. The Balaban J connectivity index is 1.86. The van der Waals surface area contributed by atoms with Gasteiger partial charge in [-0.05, 0) is 31.7 Å². The number of rotatable bonds is 3. The van der Waals surface area contributed by atoms with Crippen molar-refractivity contribution in [2.75, 3.05) is 6.54 Å². The van der Waals surface area contributed by atoms with E-state index >= 15 is 0 Å². The molecule has 0 aromatic carbocycles. The van der Waals surface area contributed by atoms with Gasteiger partial charge in [-0.1, -0.05) is 12.8 Å². The molecule has 3 rings (SSSR count). The van der Waals surface area contributed by atoms with E-state index in [1.165, 1.54) is 0 Å². The molecule has 1 aromatic heterocycles. The van der Waals surface area contributed by atoms with E-state index in [4.69, 9.17) is 0 Å². The van der Waals surface area contributed by atoms with E-state index in [9.17, 15) is 8.42 Å². The van der Waals surface area contributed by atoms with E-state index in [-0.39, 0.29) is 11.3 Å².